The van der Waals surface area contributed by atoms with Crippen molar-refractivity contribution in [3.63, 3.8) is 0 Å². The zero-order chi connectivity index (χ0) is 19.2. The van der Waals surface area contributed by atoms with E-state index in [0.717, 1.165) is 16.7 Å². The Morgan fingerprint density at radius 1 is 0.517 bits per heavy atom. The second-order valence-corrected chi connectivity index (χ2v) is 6.55. The molecule has 2 nitrogen and oxygen atoms in total. The fraction of sp³-hybridized carbons (Fsp3) is 0.0385. The summed E-state index contributed by atoms with van der Waals surface area (Å²) in [4.78, 5) is 13.8. The van der Waals surface area contributed by atoms with Crippen LogP contribution in [0.1, 0.15) is 16.7 Å². The Balaban J connectivity index is 0.00000240. The van der Waals surface area contributed by atoms with Gasteiger partial charge in [0.1, 0.15) is 11.2 Å². The number of carbonyl (C=O) groups excluding carboxylic acids is 1. The summed E-state index contributed by atoms with van der Waals surface area (Å²) < 4.78 is 5.90. The van der Waals surface area contributed by atoms with E-state index < -0.39 is 5.41 Å². The summed E-state index contributed by atoms with van der Waals surface area (Å²) >= 11 is 0. The molecule has 0 aliphatic carbocycles. The van der Waals surface area contributed by atoms with Crippen LogP contribution in [0, 0.1) is 0 Å². The van der Waals surface area contributed by atoms with E-state index in [2.05, 4.69) is 0 Å². The molecular weight excluding hydrogens is 375 g/mol. The monoisotopic (exact) mass is 398 g/mol. The van der Waals surface area contributed by atoms with Crippen molar-refractivity contribution in [1.82, 2.24) is 0 Å². The maximum absolute atomic E-state index is 13.8. The molecule has 4 aromatic carbocycles. The van der Waals surface area contributed by atoms with E-state index in [-0.39, 0.29) is 15.9 Å². The Hall–Kier alpha value is -3.22. The fourth-order valence-corrected chi connectivity index (χ4v) is 3.59. The van der Waals surface area contributed by atoms with Crippen LogP contribution in [0.2, 0.25) is 0 Å². The van der Waals surface area contributed by atoms with Crippen molar-refractivity contribution in [3.8, 4) is 5.75 Å². The van der Waals surface area contributed by atoms with Gasteiger partial charge in [-0.2, -0.15) is 9.90 Å². The number of ether oxygens (including phenoxy) is 1. The van der Waals surface area contributed by atoms with E-state index in [1.165, 1.54) is 0 Å². The average Bonchev–Trinajstić information content (AvgIpc) is 2.77. The van der Waals surface area contributed by atoms with Crippen molar-refractivity contribution >= 4 is 15.9 Å². The summed E-state index contributed by atoms with van der Waals surface area (Å²) in [5.41, 5.74) is 1.54. The first-order valence-corrected chi connectivity index (χ1v) is 9.26. The molecular formula is C26H23O2P. The summed E-state index contributed by atoms with van der Waals surface area (Å²) in [5.74, 6) is 0.196. The van der Waals surface area contributed by atoms with Crippen LogP contribution in [0.25, 0.3) is 0 Å². The second-order valence-electron chi connectivity index (χ2n) is 6.55. The third-order valence-electron chi connectivity index (χ3n) is 4.88. The van der Waals surface area contributed by atoms with Gasteiger partial charge in [-0.1, -0.05) is 109 Å². The van der Waals surface area contributed by atoms with E-state index in [1.54, 1.807) is 12.1 Å². The predicted octanol–water partition coefficient (Wildman–Crippen LogP) is 5.68. The van der Waals surface area contributed by atoms with Gasteiger partial charge in [0.15, 0.2) is 0 Å². The zero-order valence-electron chi connectivity index (χ0n) is 16.1. The first-order chi connectivity index (χ1) is 13.8. The molecule has 0 aliphatic rings. The van der Waals surface area contributed by atoms with Gasteiger partial charge in [0.2, 0.25) is 0 Å². The Kier molecular flexibility index (Phi) is 6.59. The van der Waals surface area contributed by atoms with E-state index >= 15 is 0 Å². The molecule has 0 aromatic heterocycles. The van der Waals surface area contributed by atoms with Gasteiger partial charge >= 0.3 is 5.97 Å². The van der Waals surface area contributed by atoms with Crippen LogP contribution in [-0.2, 0) is 10.2 Å². The molecule has 0 bridgehead atoms. The highest BCUT2D eigenvalue weighted by molar-refractivity contribution is 6.92. The lowest BCUT2D eigenvalue weighted by atomic mass is 9.69. The number of hydrogen-bond donors (Lipinski definition) is 0. The van der Waals surface area contributed by atoms with Crippen LogP contribution in [0.3, 0.4) is 0 Å². The third-order valence-corrected chi connectivity index (χ3v) is 4.88. The first-order valence-electron chi connectivity index (χ1n) is 9.26. The van der Waals surface area contributed by atoms with Crippen molar-refractivity contribution < 1.29 is 9.53 Å². The standard InChI is InChI=1S/C26H20O2.H3P/c27-25(28-24-19-11-4-12-20-24)26(21-13-5-1-6-14-21,22-15-7-2-8-16-22)23-17-9-3-10-18-23;/h1-20H;1H3. The number of rotatable bonds is 5. The summed E-state index contributed by atoms with van der Waals surface area (Å²) in [6, 6.07) is 38.6. The van der Waals surface area contributed by atoms with Crippen molar-refractivity contribution in [1.29, 1.82) is 0 Å². The van der Waals surface area contributed by atoms with E-state index in [1.807, 2.05) is 109 Å². The molecule has 0 spiro atoms. The maximum atomic E-state index is 13.8. The van der Waals surface area contributed by atoms with Crippen LogP contribution < -0.4 is 4.74 Å². The lowest BCUT2D eigenvalue weighted by molar-refractivity contribution is -0.138. The topological polar surface area (TPSA) is 26.3 Å². The van der Waals surface area contributed by atoms with Gasteiger partial charge in [-0.3, -0.25) is 0 Å². The van der Waals surface area contributed by atoms with E-state index in [9.17, 15) is 4.79 Å². The number of hydrogen-bond acceptors (Lipinski definition) is 2. The Morgan fingerprint density at radius 2 is 0.828 bits per heavy atom. The summed E-state index contributed by atoms with van der Waals surface area (Å²) in [7, 11) is 0. The quantitative estimate of drug-likeness (QED) is 0.187. The van der Waals surface area contributed by atoms with Gasteiger partial charge in [0, 0.05) is 0 Å². The lowest BCUT2D eigenvalue weighted by Gasteiger charge is -2.33. The summed E-state index contributed by atoms with van der Waals surface area (Å²) in [5, 5.41) is 0. The lowest BCUT2D eigenvalue weighted by Crippen LogP contribution is -2.41. The van der Waals surface area contributed by atoms with Crippen LogP contribution >= 0.6 is 9.90 Å². The molecule has 1 unspecified atom stereocenters. The maximum Gasteiger partial charge on any atom is 0.331 e. The minimum atomic E-state index is -1.07. The highest BCUT2D eigenvalue weighted by Gasteiger charge is 2.45. The van der Waals surface area contributed by atoms with Crippen molar-refractivity contribution in [2.75, 3.05) is 0 Å². The van der Waals surface area contributed by atoms with Crippen molar-refractivity contribution in [3.05, 3.63) is 138 Å². The molecule has 0 N–H and O–H groups in total. The minimum Gasteiger partial charge on any atom is -0.425 e. The van der Waals surface area contributed by atoms with Crippen LogP contribution in [0.15, 0.2) is 121 Å². The molecule has 0 saturated carbocycles. The second kappa shape index (κ2) is 9.32. The molecule has 0 saturated heterocycles. The highest BCUT2D eigenvalue weighted by atomic mass is 31.0. The van der Waals surface area contributed by atoms with Crippen LogP contribution in [-0.4, -0.2) is 5.97 Å². The zero-order valence-corrected chi connectivity index (χ0v) is 17.5. The molecule has 0 radical (unpaired) electrons. The van der Waals surface area contributed by atoms with E-state index in [4.69, 9.17) is 4.74 Å². The van der Waals surface area contributed by atoms with Gasteiger partial charge in [-0.05, 0) is 28.8 Å². The third kappa shape index (κ3) is 3.99. The Labute approximate surface area is 174 Å². The van der Waals surface area contributed by atoms with Gasteiger partial charge in [0.05, 0.1) is 0 Å². The highest BCUT2D eigenvalue weighted by Crippen LogP contribution is 2.40. The predicted molar refractivity (Wildman–Crippen MR) is 122 cm³/mol. The molecule has 144 valence electrons. The molecule has 29 heavy (non-hydrogen) atoms. The van der Waals surface area contributed by atoms with Gasteiger partial charge in [-0.15, -0.1) is 0 Å². The van der Waals surface area contributed by atoms with Gasteiger partial charge in [-0.25, -0.2) is 4.79 Å². The molecule has 0 amide bonds. The number of para-hydroxylation sites is 1. The summed E-state index contributed by atoms with van der Waals surface area (Å²) in [6.07, 6.45) is 0. The minimum absolute atomic E-state index is 0. The summed E-state index contributed by atoms with van der Waals surface area (Å²) in [6.45, 7) is 0. The molecule has 4 rings (SSSR count). The van der Waals surface area contributed by atoms with Crippen LogP contribution in [0.4, 0.5) is 0 Å². The smallest absolute Gasteiger partial charge is 0.331 e. The molecule has 4 aromatic rings. The molecule has 3 heteroatoms. The van der Waals surface area contributed by atoms with E-state index in [0.29, 0.717) is 5.75 Å². The number of esters is 1. The SMILES string of the molecule is O=C(Oc1ccccc1)C(c1ccccc1)(c1ccccc1)c1ccccc1.P. The van der Waals surface area contributed by atoms with Crippen molar-refractivity contribution in [2.45, 2.75) is 5.41 Å². The van der Waals surface area contributed by atoms with Crippen molar-refractivity contribution in [2.24, 2.45) is 0 Å². The molecule has 0 heterocycles. The molecule has 1 atom stereocenters. The normalized spacial score (nSPS) is 10.6. The van der Waals surface area contributed by atoms with Gasteiger partial charge in [0.25, 0.3) is 0 Å². The average molecular weight is 398 g/mol. The Morgan fingerprint density at radius 3 is 1.17 bits per heavy atom. The first kappa shape index (κ1) is 20.5. The van der Waals surface area contributed by atoms with Crippen LogP contribution in [0.5, 0.6) is 5.75 Å². The van der Waals surface area contributed by atoms with Gasteiger partial charge < -0.3 is 4.74 Å². The molecule has 0 aliphatic heterocycles. The molecule has 0 fully saturated rings. The number of carbonyl (C=O) groups is 1. The Bertz CT molecular complexity index is 936. The number of benzene rings is 4. The fourth-order valence-electron chi connectivity index (χ4n) is 3.59. The largest absolute Gasteiger partial charge is 0.425 e.